The van der Waals surface area contributed by atoms with Crippen molar-refractivity contribution in [3.63, 3.8) is 0 Å². The summed E-state index contributed by atoms with van der Waals surface area (Å²) in [7, 11) is -2.20. The number of methoxy groups -OCH3 is 1. The van der Waals surface area contributed by atoms with Gasteiger partial charge in [-0.3, -0.25) is 0 Å². The Hall–Kier alpha value is -2.23. The van der Waals surface area contributed by atoms with E-state index in [9.17, 15) is 8.42 Å². The van der Waals surface area contributed by atoms with Gasteiger partial charge in [-0.25, -0.2) is 18.4 Å². The molecule has 0 aliphatic carbocycles. The largest absolute Gasteiger partial charge is 0.495 e. The van der Waals surface area contributed by atoms with Crippen molar-refractivity contribution in [2.75, 3.05) is 44.9 Å². The SMILES string of the molecule is COc1ccccc1S(=O)(=O)N1CCc2cnc(N3CCOCC3)nc2C1. The van der Waals surface area contributed by atoms with E-state index < -0.39 is 10.0 Å². The molecule has 0 unspecified atom stereocenters. The molecule has 27 heavy (non-hydrogen) atoms. The van der Waals surface area contributed by atoms with Gasteiger partial charge in [0.15, 0.2) is 0 Å². The number of anilines is 1. The maximum absolute atomic E-state index is 13.1. The molecule has 0 radical (unpaired) electrons. The highest BCUT2D eigenvalue weighted by molar-refractivity contribution is 7.89. The zero-order chi connectivity index (χ0) is 18.9. The molecule has 0 bridgehead atoms. The second-order valence-electron chi connectivity index (χ2n) is 6.48. The average molecular weight is 390 g/mol. The molecule has 4 rings (SSSR count). The lowest BCUT2D eigenvalue weighted by molar-refractivity contribution is 0.122. The summed E-state index contributed by atoms with van der Waals surface area (Å²) in [6.45, 7) is 3.40. The van der Waals surface area contributed by atoms with Crippen LogP contribution in [0.25, 0.3) is 0 Å². The molecule has 2 aromatic rings. The molecule has 1 fully saturated rings. The van der Waals surface area contributed by atoms with Crippen molar-refractivity contribution >= 4 is 16.0 Å². The van der Waals surface area contributed by atoms with E-state index in [-0.39, 0.29) is 11.4 Å². The average Bonchev–Trinajstić information content (AvgIpc) is 2.73. The van der Waals surface area contributed by atoms with Crippen LogP contribution in [0.4, 0.5) is 5.95 Å². The fourth-order valence-corrected chi connectivity index (χ4v) is 4.92. The predicted molar refractivity (Wildman–Crippen MR) is 99.4 cm³/mol. The zero-order valence-electron chi connectivity index (χ0n) is 15.2. The third-order valence-electron chi connectivity index (χ3n) is 4.88. The molecule has 1 saturated heterocycles. The zero-order valence-corrected chi connectivity index (χ0v) is 16.0. The van der Waals surface area contributed by atoms with E-state index in [0.29, 0.717) is 37.9 Å². The molecule has 0 atom stereocenters. The Morgan fingerprint density at radius 2 is 1.93 bits per heavy atom. The summed E-state index contributed by atoms with van der Waals surface area (Å²) in [5.74, 6) is 0.980. The second-order valence-corrected chi connectivity index (χ2v) is 8.39. The fraction of sp³-hybridized carbons (Fsp3) is 0.444. The van der Waals surface area contributed by atoms with Gasteiger partial charge in [-0.2, -0.15) is 4.31 Å². The lowest BCUT2D eigenvalue weighted by Gasteiger charge is -2.30. The van der Waals surface area contributed by atoms with Gasteiger partial charge in [0.05, 0.1) is 32.6 Å². The minimum absolute atomic E-state index is 0.179. The number of nitrogens with zero attached hydrogens (tertiary/aromatic N) is 4. The third kappa shape index (κ3) is 3.50. The summed E-state index contributed by atoms with van der Waals surface area (Å²) >= 11 is 0. The van der Waals surface area contributed by atoms with Crippen molar-refractivity contribution in [2.24, 2.45) is 0 Å². The molecule has 1 aromatic carbocycles. The molecule has 8 nitrogen and oxygen atoms in total. The number of rotatable bonds is 4. The minimum atomic E-state index is -3.67. The molecule has 0 N–H and O–H groups in total. The monoisotopic (exact) mass is 390 g/mol. The Morgan fingerprint density at radius 3 is 2.70 bits per heavy atom. The molecule has 0 saturated carbocycles. The highest BCUT2D eigenvalue weighted by atomic mass is 32.2. The van der Waals surface area contributed by atoms with Gasteiger partial charge in [0.25, 0.3) is 0 Å². The van der Waals surface area contributed by atoms with Gasteiger partial charge in [-0.1, -0.05) is 12.1 Å². The molecular weight excluding hydrogens is 368 g/mol. The Labute approximate surface area is 158 Å². The molecule has 2 aliphatic rings. The van der Waals surface area contributed by atoms with E-state index in [1.807, 2.05) is 6.20 Å². The van der Waals surface area contributed by atoms with Crippen LogP contribution in [-0.4, -0.2) is 62.6 Å². The van der Waals surface area contributed by atoms with Gasteiger partial charge in [-0.15, -0.1) is 0 Å². The summed E-state index contributed by atoms with van der Waals surface area (Å²) in [5.41, 5.74) is 1.76. The van der Waals surface area contributed by atoms with Gasteiger partial charge in [0, 0.05) is 25.8 Å². The van der Waals surface area contributed by atoms with E-state index in [1.165, 1.54) is 11.4 Å². The Kier molecular flexibility index (Phi) is 4.98. The molecule has 0 amide bonds. The molecule has 1 aromatic heterocycles. The van der Waals surface area contributed by atoms with Crippen LogP contribution in [0.2, 0.25) is 0 Å². The lowest BCUT2D eigenvalue weighted by Crippen LogP contribution is -2.39. The van der Waals surface area contributed by atoms with Crippen molar-refractivity contribution in [2.45, 2.75) is 17.9 Å². The smallest absolute Gasteiger partial charge is 0.247 e. The van der Waals surface area contributed by atoms with Gasteiger partial charge in [0.1, 0.15) is 10.6 Å². The van der Waals surface area contributed by atoms with E-state index in [0.717, 1.165) is 24.3 Å². The maximum atomic E-state index is 13.1. The first-order chi connectivity index (χ1) is 13.1. The van der Waals surface area contributed by atoms with Crippen molar-refractivity contribution in [3.05, 3.63) is 41.7 Å². The predicted octanol–water partition coefficient (Wildman–Crippen LogP) is 1.07. The van der Waals surface area contributed by atoms with Crippen LogP contribution < -0.4 is 9.64 Å². The molecule has 3 heterocycles. The number of sulfonamides is 1. The second kappa shape index (κ2) is 7.41. The number of ether oxygens (including phenoxy) is 2. The number of benzene rings is 1. The summed E-state index contributed by atoms with van der Waals surface area (Å²) in [6.07, 6.45) is 2.41. The van der Waals surface area contributed by atoms with Gasteiger partial charge >= 0.3 is 0 Å². The van der Waals surface area contributed by atoms with E-state index in [4.69, 9.17) is 9.47 Å². The number of fused-ring (bicyclic) bond motifs is 1. The maximum Gasteiger partial charge on any atom is 0.247 e. The summed E-state index contributed by atoms with van der Waals surface area (Å²) in [6, 6.07) is 6.68. The Balaban J connectivity index is 1.62. The number of hydrogen-bond donors (Lipinski definition) is 0. The van der Waals surface area contributed by atoms with Crippen molar-refractivity contribution < 1.29 is 17.9 Å². The van der Waals surface area contributed by atoms with E-state index >= 15 is 0 Å². The normalized spacial score (nSPS) is 18.2. The topological polar surface area (TPSA) is 84.9 Å². The van der Waals surface area contributed by atoms with Crippen molar-refractivity contribution in [3.8, 4) is 5.75 Å². The first kappa shape index (κ1) is 18.1. The molecule has 0 spiro atoms. The van der Waals surface area contributed by atoms with Crippen molar-refractivity contribution in [1.82, 2.24) is 14.3 Å². The first-order valence-corrected chi connectivity index (χ1v) is 10.3. The van der Waals surface area contributed by atoms with Crippen LogP contribution in [0.1, 0.15) is 11.3 Å². The lowest BCUT2D eigenvalue weighted by atomic mass is 10.1. The van der Waals surface area contributed by atoms with Gasteiger partial charge < -0.3 is 14.4 Å². The molecule has 2 aliphatic heterocycles. The summed E-state index contributed by atoms with van der Waals surface area (Å²) in [4.78, 5) is 11.4. The number of aromatic nitrogens is 2. The highest BCUT2D eigenvalue weighted by Crippen LogP contribution is 2.30. The van der Waals surface area contributed by atoms with Crippen LogP contribution in [0.5, 0.6) is 5.75 Å². The quantitative estimate of drug-likeness (QED) is 0.772. The first-order valence-electron chi connectivity index (χ1n) is 8.90. The van der Waals surface area contributed by atoms with Gasteiger partial charge in [0.2, 0.25) is 16.0 Å². The summed E-state index contributed by atoms with van der Waals surface area (Å²) in [5, 5.41) is 0. The van der Waals surface area contributed by atoms with Gasteiger partial charge in [-0.05, 0) is 24.1 Å². The fourth-order valence-electron chi connectivity index (χ4n) is 3.36. The van der Waals surface area contributed by atoms with Crippen LogP contribution in [0.15, 0.2) is 35.4 Å². The minimum Gasteiger partial charge on any atom is -0.495 e. The van der Waals surface area contributed by atoms with E-state index in [2.05, 4.69) is 14.9 Å². The number of para-hydroxylation sites is 1. The molecule has 9 heteroatoms. The summed E-state index contributed by atoms with van der Waals surface area (Å²) < 4.78 is 38.3. The third-order valence-corrected chi connectivity index (χ3v) is 6.76. The Bertz CT molecular complexity index is 929. The number of hydrogen-bond acceptors (Lipinski definition) is 7. The van der Waals surface area contributed by atoms with Crippen LogP contribution >= 0.6 is 0 Å². The molecular formula is C18H22N4O4S. The number of morpholine rings is 1. The van der Waals surface area contributed by atoms with Crippen LogP contribution in [-0.2, 0) is 27.7 Å². The van der Waals surface area contributed by atoms with Crippen LogP contribution in [0, 0.1) is 0 Å². The van der Waals surface area contributed by atoms with Crippen LogP contribution in [0.3, 0.4) is 0 Å². The highest BCUT2D eigenvalue weighted by Gasteiger charge is 2.31. The molecule has 144 valence electrons. The Morgan fingerprint density at radius 1 is 1.15 bits per heavy atom. The standard InChI is InChI=1S/C18H22N4O4S/c1-25-16-4-2-3-5-17(16)27(23,24)22-7-6-14-12-19-18(20-15(14)13-22)21-8-10-26-11-9-21/h2-5,12H,6-11,13H2,1H3. The van der Waals surface area contributed by atoms with Crippen molar-refractivity contribution in [1.29, 1.82) is 0 Å². The van der Waals surface area contributed by atoms with E-state index in [1.54, 1.807) is 24.3 Å².